The van der Waals surface area contributed by atoms with E-state index in [2.05, 4.69) is 4.98 Å². The number of methoxy groups -OCH3 is 3. The van der Waals surface area contributed by atoms with Gasteiger partial charge in [0, 0.05) is 31.8 Å². The van der Waals surface area contributed by atoms with Gasteiger partial charge in [-0.05, 0) is 49.2 Å². The SMILES string of the molecule is COCc1nc2cc(C(F)(F)F)ccc2n1C1CCN(C(=O)c2ccc(OC)c(OC)c2)CC1. The molecule has 1 amide bonds. The summed E-state index contributed by atoms with van der Waals surface area (Å²) in [5.74, 6) is 1.49. The van der Waals surface area contributed by atoms with Crippen LogP contribution in [0.4, 0.5) is 13.2 Å². The largest absolute Gasteiger partial charge is 0.493 e. The highest BCUT2D eigenvalue weighted by Gasteiger charge is 2.32. The van der Waals surface area contributed by atoms with Crippen molar-refractivity contribution in [3.05, 3.63) is 53.3 Å². The molecule has 0 saturated carbocycles. The maximum absolute atomic E-state index is 13.2. The predicted molar refractivity (Wildman–Crippen MR) is 119 cm³/mol. The van der Waals surface area contributed by atoms with E-state index >= 15 is 0 Å². The molecule has 1 saturated heterocycles. The Bertz CT molecular complexity index is 1180. The smallest absolute Gasteiger partial charge is 0.416 e. The molecule has 0 spiro atoms. The van der Waals surface area contributed by atoms with Crippen molar-refractivity contribution >= 4 is 16.9 Å². The van der Waals surface area contributed by atoms with Crippen LogP contribution in [0.3, 0.4) is 0 Å². The number of fused-ring (bicyclic) bond motifs is 1. The average molecular weight is 477 g/mol. The van der Waals surface area contributed by atoms with Gasteiger partial charge < -0.3 is 23.7 Å². The number of likely N-dealkylation sites (tertiary alicyclic amines) is 1. The Balaban J connectivity index is 1.55. The lowest BCUT2D eigenvalue weighted by Gasteiger charge is -2.33. The van der Waals surface area contributed by atoms with Crippen LogP contribution in [-0.2, 0) is 17.5 Å². The van der Waals surface area contributed by atoms with Crippen LogP contribution in [0.25, 0.3) is 11.0 Å². The van der Waals surface area contributed by atoms with Gasteiger partial charge in [0.15, 0.2) is 11.5 Å². The lowest BCUT2D eigenvalue weighted by molar-refractivity contribution is -0.137. The van der Waals surface area contributed by atoms with Gasteiger partial charge in [-0.1, -0.05) is 0 Å². The summed E-state index contributed by atoms with van der Waals surface area (Å²) in [4.78, 5) is 19.3. The van der Waals surface area contributed by atoms with Crippen molar-refractivity contribution in [3.63, 3.8) is 0 Å². The summed E-state index contributed by atoms with van der Waals surface area (Å²) >= 11 is 0. The number of rotatable bonds is 6. The van der Waals surface area contributed by atoms with Gasteiger partial charge in [0.2, 0.25) is 0 Å². The first-order valence-corrected chi connectivity index (χ1v) is 10.8. The number of imidazole rings is 1. The molecule has 0 N–H and O–H groups in total. The van der Waals surface area contributed by atoms with Crippen molar-refractivity contribution < 1.29 is 32.2 Å². The Morgan fingerprint density at radius 1 is 1.03 bits per heavy atom. The zero-order valence-electron chi connectivity index (χ0n) is 19.2. The Morgan fingerprint density at radius 3 is 2.35 bits per heavy atom. The van der Waals surface area contributed by atoms with E-state index in [1.807, 2.05) is 4.57 Å². The fraction of sp³-hybridized carbons (Fsp3) is 0.417. The number of halogens is 3. The highest BCUT2D eigenvalue weighted by Crippen LogP contribution is 2.35. The third kappa shape index (κ3) is 4.54. The quantitative estimate of drug-likeness (QED) is 0.515. The molecule has 1 aliphatic heterocycles. The lowest BCUT2D eigenvalue weighted by Crippen LogP contribution is -2.39. The molecule has 1 aromatic heterocycles. The van der Waals surface area contributed by atoms with Crippen LogP contribution in [0.1, 0.15) is 40.6 Å². The molecule has 3 aromatic rings. The summed E-state index contributed by atoms with van der Waals surface area (Å²) in [5, 5.41) is 0. The molecular weight excluding hydrogens is 451 g/mol. The number of alkyl halides is 3. The second kappa shape index (κ2) is 9.54. The molecule has 2 aromatic carbocycles. The fourth-order valence-corrected chi connectivity index (χ4v) is 4.44. The Morgan fingerprint density at radius 2 is 1.74 bits per heavy atom. The van der Waals surface area contributed by atoms with Crippen molar-refractivity contribution in [3.8, 4) is 11.5 Å². The van der Waals surface area contributed by atoms with Crippen molar-refractivity contribution in [1.29, 1.82) is 0 Å². The van der Waals surface area contributed by atoms with E-state index < -0.39 is 11.7 Å². The first kappa shape index (κ1) is 23.9. The minimum absolute atomic E-state index is 0.0126. The van der Waals surface area contributed by atoms with Crippen LogP contribution < -0.4 is 9.47 Å². The van der Waals surface area contributed by atoms with E-state index in [0.29, 0.717) is 54.3 Å². The minimum Gasteiger partial charge on any atom is -0.493 e. The molecule has 7 nitrogen and oxygen atoms in total. The molecule has 2 heterocycles. The van der Waals surface area contributed by atoms with Gasteiger partial charge >= 0.3 is 6.18 Å². The summed E-state index contributed by atoms with van der Waals surface area (Å²) < 4.78 is 57.2. The Hall–Kier alpha value is -3.27. The summed E-state index contributed by atoms with van der Waals surface area (Å²) in [7, 11) is 4.57. The number of carbonyl (C=O) groups excluding carboxylic acids is 1. The van der Waals surface area contributed by atoms with Crippen molar-refractivity contribution in [2.45, 2.75) is 31.7 Å². The number of ether oxygens (including phenoxy) is 3. The molecule has 0 radical (unpaired) electrons. The number of amides is 1. The van der Waals surface area contributed by atoms with E-state index in [9.17, 15) is 18.0 Å². The fourth-order valence-electron chi connectivity index (χ4n) is 4.44. The molecule has 10 heteroatoms. The molecule has 34 heavy (non-hydrogen) atoms. The van der Waals surface area contributed by atoms with Crippen molar-refractivity contribution in [2.24, 2.45) is 0 Å². The molecule has 4 rings (SSSR count). The predicted octanol–water partition coefficient (Wildman–Crippen LogP) is 4.70. The Kier molecular flexibility index (Phi) is 6.70. The molecule has 1 aliphatic rings. The third-order valence-electron chi connectivity index (χ3n) is 6.11. The zero-order chi connectivity index (χ0) is 24.5. The standard InChI is InChI=1S/C24H26F3N3O4/c1-32-14-22-28-18-13-16(24(25,26)27)5-6-19(18)30(22)17-8-10-29(11-9-17)23(31)15-4-7-20(33-2)21(12-15)34-3/h4-7,12-13,17H,8-11,14H2,1-3H3. The van der Waals surface area contributed by atoms with Crippen LogP contribution in [0.15, 0.2) is 36.4 Å². The van der Waals surface area contributed by atoms with Gasteiger partial charge in [-0.3, -0.25) is 4.79 Å². The first-order valence-electron chi connectivity index (χ1n) is 10.8. The number of hydrogen-bond acceptors (Lipinski definition) is 5. The number of carbonyl (C=O) groups is 1. The van der Waals surface area contributed by atoms with Gasteiger partial charge in [0.25, 0.3) is 5.91 Å². The highest BCUT2D eigenvalue weighted by molar-refractivity contribution is 5.95. The molecule has 0 aliphatic carbocycles. The van der Waals surface area contributed by atoms with Gasteiger partial charge in [-0.15, -0.1) is 0 Å². The summed E-state index contributed by atoms with van der Waals surface area (Å²) in [5.41, 5.74) is 0.684. The number of hydrogen-bond donors (Lipinski definition) is 0. The number of nitrogens with zero attached hydrogens (tertiary/aromatic N) is 3. The van der Waals surface area contributed by atoms with E-state index in [1.165, 1.54) is 27.4 Å². The van der Waals surface area contributed by atoms with Crippen LogP contribution in [0.2, 0.25) is 0 Å². The maximum atomic E-state index is 13.2. The summed E-state index contributed by atoms with van der Waals surface area (Å²) in [6.07, 6.45) is -3.15. The first-order chi connectivity index (χ1) is 16.3. The third-order valence-corrected chi connectivity index (χ3v) is 6.11. The average Bonchev–Trinajstić information content (AvgIpc) is 3.20. The van der Waals surface area contributed by atoms with Gasteiger partial charge in [-0.25, -0.2) is 4.98 Å². The van der Waals surface area contributed by atoms with Crippen LogP contribution in [-0.4, -0.2) is 54.8 Å². The van der Waals surface area contributed by atoms with E-state index in [0.717, 1.165) is 12.1 Å². The van der Waals surface area contributed by atoms with Gasteiger partial charge in [0.05, 0.1) is 30.8 Å². The molecule has 1 fully saturated rings. The van der Waals surface area contributed by atoms with Gasteiger partial charge in [-0.2, -0.15) is 13.2 Å². The minimum atomic E-state index is -4.44. The molecule has 182 valence electrons. The number of aromatic nitrogens is 2. The van der Waals surface area contributed by atoms with Crippen LogP contribution in [0, 0.1) is 0 Å². The zero-order valence-corrected chi connectivity index (χ0v) is 19.2. The molecule has 0 atom stereocenters. The van der Waals surface area contributed by atoms with Gasteiger partial charge in [0.1, 0.15) is 12.4 Å². The van der Waals surface area contributed by atoms with Crippen LogP contribution >= 0.6 is 0 Å². The topological polar surface area (TPSA) is 65.8 Å². The highest BCUT2D eigenvalue weighted by atomic mass is 19.4. The summed E-state index contributed by atoms with van der Waals surface area (Å²) in [6, 6.07) is 8.66. The van der Waals surface area contributed by atoms with Crippen molar-refractivity contribution in [1.82, 2.24) is 14.5 Å². The van der Waals surface area contributed by atoms with E-state index in [4.69, 9.17) is 14.2 Å². The number of piperidine rings is 1. The number of benzene rings is 2. The van der Waals surface area contributed by atoms with E-state index in [-0.39, 0.29) is 24.1 Å². The van der Waals surface area contributed by atoms with Crippen LogP contribution in [0.5, 0.6) is 11.5 Å². The summed E-state index contributed by atoms with van der Waals surface area (Å²) in [6.45, 7) is 1.19. The lowest BCUT2D eigenvalue weighted by atomic mass is 10.0. The van der Waals surface area contributed by atoms with E-state index in [1.54, 1.807) is 23.1 Å². The molecule has 0 unspecified atom stereocenters. The normalized spacial score (nSPS) is 15.1. The second-order valence-electron chi connectivity index (χ2n) is 8.13. The molecule has 0 bridgehead atoms. The second-order valence-corrected chi connectivity index (χ2v) is 8.13. The maximum Gasteiger partial charge on any atom is 0.416 e. The molecular formula is C24H26F3N3O4. The monoisotopic (exact) mass is 477 g/mol. The van der Waals surface area contributed by atoms with Crippen molar-refractivity contribution in [2.75, 3.05) is 34.4 Å². The Labute approximate surface area is 195 Å².